The van der Waals surface area contributed by atoms with Crippen molar-refractivity contribution < 1.29 is 0 Å². The lowest BCUT2D eigenvalue weighted by molar-refractivity contribution is 0.299. The topological polar surface area (TPSA) is 0 Å². The molecule has 2 aromatic rings. The maximum absolute atomic E-state index is 3.75. The van der Waals surface area contributed by atoms with Crippen LogP contribution >= 0.6 is 31.9 Å². The molecule has 3 aliphatic carbocycles. The SMILES string of the molecule is C[C@H]1C[C@]23C[C@H](C)C[C@@]2(C1)c1cc(Br)ccc1-c1ccc(Br)cc13. The van der Waals surface area contributed by atoms with E-state index in [1.807, 2.05) is 0 Å². The highest BCUT2D eigenvalue weighted by Gasteiger charge is 2.65. The van der Waals surface area contributed by atoms with Gasteiger partial charge in [0.25, 0.3) is 0 Å². The standard InChI is InChI=1S/C22H22Br2/c1-13-9-21-11-14(2)12-22(21,10-13)20-8-16(24)4-6-18(20)17-5-3-15(23)7-19(17)21/h3-8,13-14H,9-12H2,1-2H3/t13-,14-,21-,22+. The Morgan fingerprint density at radius 3 is 1.46 bits per heavy atom. The third-order valence-corrected chi connectivity index (χ3v) is 7.97. The van der Waals surface area contributed by atoms with Gasteiger partial charge in [0.2, 0.25) is 0 Å². The molecule has 2 fully saturated rings. The Labute approximate surface area is 161 Å². The minimum atomic E-state index is 0.332. The highest BCUT2D eigenvalue weighted by Crippen LogP contribution is 2.71. The van der Waals surface area contributed by atoms with Gasteiger partial charge in [0.15, 0.2) is 0 Å². The number of hydrogen-bond acceptors (Lipinski definition) is 0. The Morgan fingerprint density at radius 2 is 1.08 bits per heavy atom. The molecule has 0 atom stereocenters. The molecule has 0 heterocycles. The van der Waals surface area contributed by atoms with Gasteiger partial charge in [-0.05, 0) is 84.0 Å². The molecule has 0 saturated heterocycles. The van der Waals surface area contributed by atoms with Crippen LogP contribution in [-0.2, 0) is 10.8 Å². The normalized spacial score (nSPS) is 36.0. The summed E-state index contributed by atoms with van der Waals surface area (Å²) in [5.74, 6) is 1.60. The molecule has 3 aliphatic rings. The van der Waals surface area contributed by atoms with E-state index in [-0.39, 0.29) is 0 Å². The van der Waals surface area contributed by atoms with Gasteiger partial charge >= 0.3 is 0 Å². The summed E-state index contributed by atoms with van der Waals surface area (Å²) in [6.07, 6.45) is 5.36. The third kappa shape index (κ3) is 1.80. The maximum atomic E-state index is 3.75. The number of fused-ring (bicyclic) bond motifs is 3. The Balaban J connectivity index is 1.92. The minimum absolute atomic E-state index is 0.332. The van der Waals surface area contributed by atoms with Crippen molar-refractivity contribution in [2.75, 3.05) is 0 Å². The quantitative estimate of drug-likeness (QED) is 0.401. The second-order valence-electron chi connectivity index (χ2n) is 8.57. The lowest BCUT2D eigenvalue weighted by atomic mass is 9.55. The molecule has 0 spiro atoms. The van der Waals surface area contributed by atoms with Crippen LogP contribution in [0.5, 0.6) is 0 Å². The summed E-state index contributed by atoms with van der Waals surface area (Å²) in [5, 5.41) is 0. The fourth-order valence-electron chi connectivity index (χ4n) is 6.72. The molecule has 0 N–H and O–H groups in total. The van der Waals surface area contributed by atoms with E-state index in [2.05, 4.69) is 82.1 Å². The van der Waals surface area contributed by atoms with Crippen LogP contribution in [0.4, 0.5) is 0 Å². The first-order valence-electron chi connectivity index (χ1n) is 9.06. The summed E-state index contributed by atoms with van der Waals surface area (Å²) in [6.45, 7) is 4.93. The number of halogens is 2. The summed E-state index contributed by atoms with van der Waals surface area (Å²) in [4.78, 5) is 0. The molecule has 2 saturated carbocycles. The van der Waals surface area contributed by atoms with Gasteiger partial charge in [0.05, 0.1) is 0 Å². The predicted molar refractivity (Wildman–Crippen MR) is 107 cm³/mol. The van der Waals surface area contributed by atoms with Crippen molar-refractivity contribution in [3.8, 4) is 11.1 Å². The molecule has 5 rings (SSSR count). The molecule has 0 radical (unpaired) electrons. The molecule has 0 aromatic heterocycles. The molecule has 0 aliphatic heterocycles. The van der Waals surface area contributed by atoms with Gasteiger partial charge in [0, 0.05) is 19.8 Å². The zero-order valence-electron chi connectivity index (χ0n) is 14.2. The van der Waals surface area contributed by atoms with E-state index in [0.717, 1.165) is 11.8 Å². The van der Waals surface area contributed by atoms with E-state index in [4.69, 9.17) is 0 Å². The lowest BCUT2D eigenvalue weighted by Gasteiger charge is -2.47. The zero-order chi connectivity index (χ0) is 16.7. The summed E-state index contributed by atoms with van der Waals surface area (Å²) in [7, 11) is 0. The second-order valence-corrected chi connectivity index (χ2v) is 10.4. The van der Waals surface area contributed by atoms with E-state index in [1.165, 1.54) is 45.8 Å². The zero-order valence-corrected chi connectivity index (χ0v) is 17.4. The largest absolute Gasteiger partial charge is 0.0624 e. The van der Waals surface area contributed by atoms with Crippen molar-refractivity contribution >= 4 is 31.9 Å². The number of benzene rings is 2. The Morgan fingerprint density at radius 1 is 0.708 bits per heavy atom. The van der Waals surface area contributed by atoms with Gasteiger partial charge in [-0.3, -0.25) is 0 Å². The fourth-order valence-corrected chi connectivity index (χ4v) is 7.44. The van der Waals surface area contributed by atoms with E-state index in [1.54, 1.807) is 11.1 Å². The van der Waals surface area contributed by atoms with E-state index < -0.39 is 0 Å². The highest BCUT2D eigenvalue weighted by atomic mass is 79.9. The first-order valence-corrected chi connectivity index (χ1v) is 10.6. The summed E-state index contributed by atoms with van der Waals surface area (Å²) >= 11 is 7.51. The third-order valence-electron chi connectivity index (χ3n) is 6.99. The Hall–Kier alpha value is -0.600. The first-order chi connectivity index (χ1) is 11.4. The van der Waals surface area contributed by atoms with Gasteiger partial charge in [-0.15, -0.1) is 0 Å². The molecule has 0 amide bonds. The lowest BCUT2D eigenvalue weighted by Crippen LogP contribution is -2.43. The first kappa shape index (κ1) is 15.6. The molecular formula is C22H22Br2. The van der Waals surface area contributed by atoms with Crippen LogP contribution in [0.3, 0.4) is 0 Å². The van der Waals surface area contributed by atoms with Crippen LogP contribution in [0.1, 0.15) is 50.7 Å². The minimum Gasteiger partial charge on any atom is -0.0624 e. The average molecular weight is 446 g/mol. The van der Waals surface area contributed by atoms with Crippen molar-refractivity contribution in [2.24, 2.45) is 11.8 Å². The van der Waals surface area contributed by atoms with Crippen molar-refractivity contribution in [3.05, 3.63) is 56.5 Å². The summed E-state index contributed by atoms with van der Waals surface area (Å²) in [5.41, 5.74) is 6.83. The van der Waals surface area contributed by atoms with Gasteiger partial charge < -0.3 is 0 Å². The van der Waals surface area contributed by atoms with Gasteiger partial charge in [-0.1, -0.05) is 57.8 Å². The van der Waals surface area contributed by atoms with Gasteiger partial charge in [-0.2, -0.15) is 0 Å². The average Bonchev–Trinajstić information content (AvgIpc) is 2.95. The molecule has 0 unspecified atom stereocenters. The summed E-state index contributed by atoms with van der Waals surface area (Å²) in [6, 6.07) is 14.0. The molecule has 124 valence electrons. The van der Waals surface area contributed by atoms with Crippen LogP contribution in [0.15, 0.2) is 45.3 Å². The fraction of sp³-hybridized carbons (Fsp3) is 0.455. The van der Waals surface area contributed by atoms with Crippen molar-refractivity contribution in [1.29, 1.82) is 0 Å². The Kier molecular flexibility index (Phi) is 3.24. The monoisotopic (exact) mass is 444 g/mol. The molecule has 0 nitrogen and oxygen atoms in total. The van der Waals surface area contributed by atoms with Crippen molar-refractivity contribution in [3.63, 3.8) is 0 Å². The number of rotatable bonds is 0. The van der Waals surface area contributed by atoms with Gasteiger partial charge in [0.1, 0.15) is 0 Å². The van der Waals surface area contributed by atoms with Crippen LogP contribution in [-0.4, -0.2) is 0 Å². The maximum Gasteiger partial charge on any atom is 0.0178 e. The van der Waals surface area contributed by atoms with Crippen molar-refractivity contribution in [2.45, 2.75) is 50.4 Å². The number of hydrogen-bond donors (Lipinski definition) is 0. The smallest absolute Gasteiger partial charge is 0.0178 e. The molecule has 2 aromatic carbocycles. The molecular weight excluding hydrogens is 424 g/mol. The second kappa shape index (κ2) is 4.98. The summed E-state index contributed by atoms with van der Waals surface area (Å²) < 4.78 is 2.45. The van der Waals surface area contributed by atoms with Crippen LogP contribution < -0.4 is 0 Å². The predicted octanol–water partition coefficient (Wildman–Crippen LogP) is 7.23. The van der Waals surface area contributed by atoms with Crippen molar-refractivity contribution in [1.82, 2.24) is 0 Å². The van der Waals surface area contributed by atoms with E-state index in [0.29, 0.717) is 10.8 Å². The van der Waals surface area contributed by atoms with Crippen LogP contribution in [0.2, 0.25) is 0 Å². The van der Waals surface area contributed by atoms with Gasteiger partial charge in [-0.25, -0.2) is 0 Å². The van der Waals surface area contributed by atoms with E-state index >= 15 is 0 Å². The molecule has 2 heteroatoms. The Bertz CT molecular complexity index is 768. The van der Waals surface area contributed by atoms with Crippen LogP contribution in [0.25, 0.3) is 11.1 Å². The highest BCUT2D eigenvalue weighted by molar-refractivity contribution is 9.10. The molecule has 24 heavy (non-hydrogen) atoms. The van der Waals surface area contributed by atoms with E-state index in [9.17, 15) is 0 Å². The van der Waals surface area contributed by atoms with Crippen LogP contribution in [0, 0.1) is 11.8 Å². The molecule has 0 bridgehead atoms.